The van der Waals surface area contributed by atoms with Crippen LogP contribution >= 0.6 is 0 Å². The van der Waals surface area contributed by atoms with E-state index in [2.05, 4.69) is 15.2 Å². The Morgan fingerprint density at radius 1 is 1.12 bits per heavy atom. The van der Waals surface area contributed by atoms with E-state index in [0.717, 1.165) is 41.9 Å². The topological polar surface area (TPSA) is 61.0 Å². The van der Waals surface area contributed by atoms with E-state index in [4.69, 9.17) is 4.98 Å². The fourth-order valence-electron chi connectivity index (χ4n) is 4.15. The lowest BCUT2D eigenvalue weighted by Gasteiger charge is -2.25. The van der Waals surface area contributed by atoms with Crippen LogP contribution in [-0.4, -0.2) is 33.9 Å². The smallest absolute Gasteiger partial charge is 0.227 e. The molecule has 0 unspecified atom stereocenters. The fourth-order valence-corrected chi connectivity index (χ4v) is 4.15. The van der Waals surface area contributed by atoms with E-state index in [1.165, 1.54) is 51.6 Å². The molecule has 1 saturated heterocycles. The molecule has 2 heterocycles. The van der Waals surface area contributed by atoms with Crippen LogP contribution in [0.5, 0.6) is 0 Å². The van der Waals surface area contributed by atoms with Crippen molar-refractivity contribution in [3.8, 4) is 0 Å². The maximum absolute atomic E-state index is 12.4. The molecule has 1 aliphatic heterocycles. The zero-order chi connectivity index (χ0) is 17.1. The van der Waals surface area contributed by atoms with Gasteiger partial charge in [-0.25, -0.2) is 4.98 Å². The Kier molecular flexibility index (Phi) is 5.02. The molecule has 0 radical (unpaired) electrons. The number of amides is 1. The summed E-state index contributed by atoms with van der Waals surface area (Å²) in [5.41, 5.74) is 2.85. The summed E-state index contributed by atoms with van der Waals surface area (Å²) in [5.74, 6) is 1.38. The van der Waals surface area contributed by atoms with Crippen LogP contribution in [0.15, 0.2) is 18.2 Å². The number of carbonyl (C=O) groups excluding carboxylic acids is 1. The van der Waals surface area contributed by atoms with Crippen molar-refractivity contribution < 1.29 is 4.79 Å². The molecule has 5 nitrogen and oxygen atoms in total. The van der Waals surface area contributed by atoms with E-state index in [0.29, 0.717) is 0 Å². The molecule has 1 aliphatic carbocycles. The molecule has 0 bridgehead atoms. The first-order chi connectivity index (χ1) is 12.3. The highest BCUT2D eigenvalue weighted by Crippen LogP contribution is 2.26. The van der Waals surface area contributed by atoms with Crippen molar-refractivity contribution in [2.24, 2.45) is 5.92 Å². The fraction of sp³-hybridized carbons (Fsp3) is 0.600. The van der Waals surface area contributed by atoms with E-state index in [-0.39, 0.29) is 11.8 Å². The van der Waals surface area contributed by atoms with E-state index >= 15 is 0 Å². The molecule has 25 heavy (non-hydrogen) atoms. The molecule has 1 saturated carbocycles. The number of nitrogens with one attached hydrogen (secondary N) is 2. The summed E-state index contributed by atoms with van der Waals surface area (Å²) in [6.07, 6.45) is 9.60. The highest BCUT2D eigenvalue weighted by atomic mass is 16.1. The number of piperidine rings is 1. The van der Waals surface area contributed by atoms with Gasteiger partial charge in [-0.15, -0.1) is 0 Å². The number of aromatic nitrogens is 2. The molecule has 0 atom stereocenters. The Morgan fingerprint density at radius 2 is 1.88 bits per heavy atom. The molecule has 1 aromatic carbocycles. The van der Waals surface area contributed by atoms with Gasteiger partial charge in [0.15, 0.2) is 0 Å². The average molecular weight is 340 g/mol. The number of fused-ring (bicyclic) bond motifs is 1. The second-order valence-corrected chi connectivity index (χ2v) is 7.58. The van der Waals surface area contributed by atoms with Gasteiger partial charge in [-0.3, -0.25) is 9.69 Å². The van der Waals surface area contributed by atoms with Gasteiger partial charge in [0.1, 0.15) is 5.82 Å². The predicted octanol–water partition coefficient (Wildman–Crippen LogP) is 4.07. The van der Waals surface area contributed by atoms with Crippen LogP contribution < -0.4 is 5.32 Å². The maximum Gasteiger partial charge on any atom is 0.227 e. The standard InChI is InChI=1S/C20H28N4O/c25-20(15-7-3-1-4-8-15)21-16-9-10-17-18(13-16)23-19(22-17)14-24-11-5-2-6-12-24/h9-10,13,15H,1-8,11-12,14H2,(H,21,25)(H,22,23). The lowest BCUT2D eigenvalue weighted by atomic mass is 9.88. The van der Waals surface area contributed by atoms with Crippen molar-refractivity contribution in [3.63, 3.8) is 0 Å². The van der Waals surface area contributed by atoms with Crippen molar-refractivity contribution in [2.75, 3.05) is 18.4 Å². The molecular formula is C20H28N4O. The van der Waals surface area contributed by atoms with E-state index < -0.39 is 0 Å². The second kappa shape index (κ2) is 7.56. The van der Waals surface area contributed by atoms with Crippen LogP contribution in [0.1, 0.15) is 57.2 Å². The number of hydrogen-bond donors (Lipinski definition) is 2. The lowest BCUT2D eigenvalue weighted by molar-refractivity contribution is -0.120. The highest BCUT2D eigenvalue weighted by molar-refractivity contribution is 5.94. The maximum atomic E-state index is 12.4. The van der Waals surface area contributed by atoms with Crippen molar-refractivity contribution in [3.05, 3.63) is 24.0 Å². The molecule has 5 heteroatoms. The average Bonchev–Trinajstić information content (AvgIpc) is 3.04. The number of hydrogen-bond acceptors (Lipinski definition) is 3. The van der Waals surface area contributed by atoms with Gasteiger partial charge in [0, 0.05) is 11.6 Å². The Balaban J connectivity index is 1.43. The normalized spacial score (nSPS) is 20.0. The monoisotopic (exact) mass is 340 g/mol. The molecule has 2 N–H and O–H groups in total. The summed E-state index contributed by atoms with van der Waals surface area (Å²) in [7, 11) is 0. The first kappa shape index (κ1) is 16.6. The minimum absolute atomic E-state index is 0.173. The largest absolute Gasteiger partial charge is 0.341 e. The number of carbonyl (C=O) groups is 1. The Bertz CT molecular complexity index is 726. The number of H-pyrrole nitrogens is 1. The first-order valence-corrected chi connectivity index (χ1v) is 9.80. The number of imidazole rings is 1. The minimum Gasteiger partial charge on any atom is -0.341 e. The quantitative estimate of drug-likeness (QED) is 0.882. The number of rotatable bonds is 4. The summed E-state index contributed by atoms with van der Waals surface area (Å²) in [6, 6.07) is 5.99. The highest BCUT2D eigenvalue weighted by Gasteiger charge is 2.21. The lowest BCUT2D eigenvalue weighted by Crippen LogP contribution is -2.29. The second-order valence-electron chi connectivity index (χ2n) is 7.58. The summed E-state index contributed by atoms with van der Waals surface area (Å²) in [4.78, 5) is 23.0. The molecule has 2 aromatic rings. The number of nitrogens with zero attached hydrogens (tertiary/aromatic N) is 2. The van der Waals surface area contributed by atoms with Crippen molar-refractivity contribution in [1.82, 2.24) is 14.9 Å². The third-order valence-corrected chi connectivity index (χ3v) is 5.60. The predicted molar refractivity (Wildman–Crippen MR) is 100 cm³/mol. The summed E-state index contributed by atoms with van der Waals surface area (Å²) >= 11 is 0. The van der Waals surface area contributed by atoms with Gasteiger partial charge in [0.2, 0.25) is 5.91 Å². The van der Waals surface area contributed by atoms with Crippen molar-refractivity contribution in [1.29, 1.82) is 0 Å². The van der Waals surface area contributed by atoms with Gasteiger partial charge in [0.05, 0.1) is 17.6 Å². The number of anilines is 1. The van der Waals surface area contributed by atoms with Gasteiger partial charge in [-0.1, -0.05) is 25.7 Å². The Hall–Kier alpha value is -1.88. The zero-order valence-electron chi connectivity index (χ0n) is 14.9. The molecule has 1 amide bonds. The van der Waals surface area contributed by atoms with Gasteiger partial charge < -0.3 is 10.3 Å². The van der Waals surface area contributed by atoms with Crippen molar-refractivity contribution >= 4 is 22.6 Å². The summed E-state index contributed by atoms with van der Waals surface area (Å²) in [5, 5.41) is 3.10. The molecular weight excluding hydrogens is 312 g/mol. The van der Waals surface area contributed by atoms with Gasteiger partial charge >= 0.3 is 0 Å². The Morgan fingerprint density at radius 3 is 2.68 bits per heavy atom. The minimum atomic E-state index is 0.173. The number of benzene rings is 1. The molecule has 2 aliphatic rings. The van der Waals surface area contributed by atoms with Crippen LogP contribution in [0.3, 0.4) is 0 Å². The third-order valence-electron chi connectivity index (χ3n) is 5.60. The first-order valence-electron chi connectivity index (χ1n) is 9.80. The van der Waals surface area contributed by atoms with Crippen LogP contribution in [0, 0.1) is 5.92 Å². The SMILES string of the molecule is O=C(Nc1ccc2nc(CN3CCCCC3)[nH]c2c1)C1CCCCC1. The van der Waals surface area contributed by atoms with Gasteiger partial charge in [0.25, 0.3) is 0 Å². The molecule has 134 valence electrons. The van der Waals surface area contributed by atoms with E-state index in [9.17, 15) is 4.79 Å². The van der Waals surface area contributed by atoms with Gasteiger partial charge in [-0.05, 0) is 57.0 Å². The van der Waals surface area contributed by atoms with E-state index in [1.54, 1.807) is 0 Å². The molecule has 2 fully saturated rings. The zero-order valence-corrected chi connectivity index (χ0v) is 14.9. The van der Waals surface area contributed by atoms with Crippen molar-refractivity contribution in [2.45, 2.75) is 57.9 Å². The molecule has 4 rings (SSSR count). The number of likely N-dealkylation sites (tertiary alicyclic amines) is 1. The van der Waals surface area contributed by atoms with Crippen LogP contribution in [0.25, 0.3) is 11.0 Å². The summed E-state index contributed by atoms with van der Waals surface area (Å²) in [6.45, 7) is 3.22. The molecule has 0 spiro atoms. The van der Waals surface area contributed by atoms with Crippen LogP contribution in [0.4, 0.5) is 5.69 Å². The van der Waals surface area contributed by atoms with E-state index in [1.807, 2.05) is 18.2 Å². The van der Waals surface area contributed by atoms with Crippen LogP contribution in [-0.2, 0) is 11.3 Å². The van der Waals surface area contributed by atoms with Crippen LogP contribution in [0.2, 0.25) is 0 Å². The Labute approximate surface area is 149 Å². The van der Waals surface area contributed by atoms with Gasteiger partial charge in [-0.2, -0.15) is 0 Å². The third kappa shape index (κ3) is 4.03. The number of aromatic amines is 1. The molecule has 1 aromatic heterocycles. The summed E-state index contributed by atoms with van der Waals surface area (Å²) < 4.78 is 0.